The van der Waals surface area contributed by atoms with Crippen molar-refractivity contribution in [2.45, 2.75) is 12.5 Å². The van der Waals surface area contributed by atoms with E-state index in [0.29, 0.717) is 0 Å². The topological polar surface area (TPSA) is 120 Å². The van der Waals surface area contributed by atoms with Crippen LogP contribution in [0.25, 0.3) is 0 Å². The Morgan fingerprint density at radius 3 is 2.56 bits per heavy atom. The van der Waals surface area contributed by atoms with Crippen LogP contribution in [-0.4, -0.2) is 54.3 Å². The summed E-state index contributed by atoms with van der Waals surface area (Å²) in [6.45, 7) is -0.854. The number of benzene rings is 1. The Morgan fingerprint density at radius 1 is 1.18 bits per heavy atom. The molecular formula is C21H19F3N4O5S. The molecule has 1 fully saturated rings. The second-order valence-corrected chi connectivity index (χ2v) is 7.50. The third-order valence-corrected chi connectivity index (χ3v) is 4.97. The summed E-state index contributed by atoms with van der Waals surface area (Å²) in [4.78, 5) is 36.2. The molecule has 4 N–H and O–H groups in total. The fraction of sp³-hybridized carbons (Fsp3) is 0.238. The molecule has 1 aliphatic rings. The highest BCUT2D eigenvalue weighted by Crippen LogP contribution is 2.27. The van der Waals surface area contributed by atoms with E-state index in [9.17, 15) is 27.6 Å². The number of cyclic esters (lactones) is 1. The van der Waals surface area contributed by atoms with Gasteiger partial charge in [0.2, 0.25) is 11.3 Å². The SMILES string of the molecule is O=C(CO)Nc1ccc(Nc2ccc(N3C[C@H](CNC(=S)C(F)F)OC3=O)cc2F)c(=O)cc1. The summed E-state index contributed by atoms with van der Waals surface area (Å²) < 4.78 is 44.8. The smallest absolute Gasteiger partial charge is 0.414 e. The van der Waals surface area contributed by atoms with Gasteiger partial charge in [0, 0.05) is 5.69 Å². The Kier molecular flexibility index (Phi) is 8.02. The zero-order valence-electron chi connectivity index (χ0n) is 17.4. The molecule has 2 aromatic rings. The number of hydrogen-bond donors (Lipinski definition) is 4. The Labute approximate surface area is 196 Å². The van der Waals surface area contributed by atoms with Crippen LogP contribution in [0.3, 0.4) is 0 Å². The zero-order chi connectivity index (χ0) is 24.8. The number of carbonyl (C=O) groups is 2. The number of anilines is 4. The number of ether oxygens (including phenoxy) is 1. The van der Waals surface area contributed by atoms with Crippen LogP contribution in [-0.2, 0) is 9.53 Å². The van der Waals surface area contributed by atoms with Crippen LogP contribution >= 0.6 is 12.2 Å². The van der Waals surface area contributed by atoms with Gasteiger partial charge in [-0.3, -0.25) is 14.5 Å². The van der Waals surface area contributed by atoms with Crippen LogP contribution in [0.4, 0.5) is 40.7 Å². The van der Waals surface area contributed by atoms with Crippen molar-refractivity contribution in [2.75, 3.05) is 35.2 Å². The van der Waals surface area contributed by atoms with Crippen LogP contribution < -0.4 is 26.3 Å². The number of aliphatic hydroxyl groups excluding tert-OH is 1. The summed E-state index contributed by atoms with van der Waals surface area (Å²) in [5.74, 6) is -1.43. The van der Waals surface area contributed by atoms with E-state index >= 15 is 0 Å². The molecule has 3 rings (SSSR count). The number of carbonyl (C=O) groups excluding carboxylic acids is 2. The number of aliphatic hydroxyl groups is 1. The molecule has 34 heavy (non-hydrogen) atoms. The summed E-state index contributed by atoms with van der Waals surface area (Å²) in [6, 6.07) is 9.03. The number of rotatable bonds is 8. The van der Waals surface area contributed by atoms with E-state index in [1.54, 1.807) is 0 Å². The average Bonchev–Trinajstić information content (AvgIpc) is 3.09. The molecule has 0 bridgehead atoms. The maximum absolute atomic E-state index is 14.7. The van der Waals surface area contributed by atoms with Gasteiger partial charge in [-0.2, -0.15) is 0 Å². The molecule has 0 unspecified atom stereocenters. The Bertz CT molecular complexity index is 1170. The monoisotopic (exact) mass is 496 g/mol. The second kappa shape index (κ2) is 10.9. The number of alkyl halides is 2. The molecule has 0 aromatic heterocycles. The van der Waals surface area contributed by atoms with Gasteiger partial charge >= 0.3 is 6.09 Å². The normalized spacial score (nSPS) is 15.1. The minimum absolute atomic E-state index is 0.00847. The van der Waals surface area contributed by atoms with E-state index < -0.39 is 47.4 Å². The molecule has 9 nitrogen and oxygen atoms in total. The molecule has 0 aliphatic carbocycles. The van der Waals surface area contributed by atoms with Crippen LogP contribution in [0, 0.1) is 5.82 Å². The first-order valence-electron chi connectivity index (χ1n) is 9.83. The Hall–Kier alpha value is -3.71. The number of thiocarbonyl (C=S) groups is 1. The highest BCUT2D eigenvalue weighted by Gasteiger charge is 2.33. The van der Waals surface area contributed by atoms with Gasteiger partial charge in [-0.1, -0.05) is 12.2 Å². The van der Waals surface area contributed by atoms with Crippen LogP contribution in [0.15, 0.2) is 47.3 Å². The first kappa shape index (κ1) is 24.9. The van der Waals surface area contributed by atoms with Crippen molar-refractivity contribution >= 4 is 52.0 Å². The maximum Gasteiger partial charge on any atom is 0.414 e. The molecule has 2 aromatic carbocycles. The molecule has 13 heteroatoms. The predicted molar refractivity (Wildman–Crippen MR) is 122 cm³/mol. The van der Waals surface area contributed by atoms with Crippen LogP contribution in [0.2, 0.25) is 0 Å². The van der Waals surface area contributed by atoms with Gasteiger partial charge in [0.25, 0.3) is 6.43 Å². The molecule has 0 radical (unpaired) electrons. The van der Waals surface area contributed by atoms with Gasteiger partial charge in [0.15, 0.2) is 0 Å². The fourth-order valence-electron chi connectivity index (χ4n) is 3.00. The summed E-state index contributed by atoms with van der Waals surface area (Å²) >= 11 is 4.47. The summed E-state index contributed by atoms with van der Waals surface area (Å²) in [7, 11) is 0. The fourth-order valence-corrected chi connectivity index (χ4v) is 3.09. The average molecular weight is 496 g/mol. The summed E-state index contributed by atoms with van der Waals surface area (Å²) in [5.41, 5.74) is -0.111. The third kappa shape index (κ3) is 6.20. The van der Waals surface area contributed by atoms with Crippen molar-refractivity contribution in [3.05, 3.63) is 58.5 Å². The summed E-state index contributed by atoms with van der Waals surface area (Å²) in [6.07, 6.45) is -4.37. The Balaban J connectivity index is 1.70. The molecule has 1 atom stereocenters. The number of nitrogens with zero attached hydrogens (tertiary/aromatic N) is 1. The van der Waals surface area contributed by atoms with Gasteiger partial charge in [-0.05, 0) is 42.5 Å². The molecule has 2 amide bonds. The van der Waals surface area contributed by atoms with Gasteiger partial charge in [-0.25, -0.2) is 18.0 Å². The third-order valence-electron chi connectivity index (χ3n) is 4.65. The van der Waals surface area contributed by atoms with E-state index in [1.807, 2.05) is 0 Å². The Morgan fingerprint density at radius 2 is 1.88 bits per heavy atom. The van der Waals surface area contributed by atoms with E-state index in [4.69, 9.17) is 9.84 Å². The standard InChI is InChI=1S/C21H19F3N4O5S/c22-14-7-12(28-9-13(33-21(28)32)8-25-20(34)19(23)24)3-5-15(14)27-16-4-1-11(2-6-17(16)30)26-18(31)10-29/h1-7,13,19,29H,8-10H2,(H,25,34)(H,26,31)(H,27,30)/t13-/m0/s1. The van der Waals surface area contributed by atoms with Crippen molar-refractivity contribution in [2.24, 2.45) is 0 Å². The van der Waals surface area contributed by atoms with Gasteiger partial charge in [0.05, 0.1) is 30.2 Å². The highest BCUT2D eigenvalue weighted by molar-refractivity contribution is 7.80. The first-order valence-corrected chi connectivity index (χ1v) is 10.2. The number of amides is 2. The minimum atomic E-state index is -2.83. The molecule has 0 spiro atoms. The van der Waals surface area contributed by atoms with Crippen LogP contribution in [0.5, 0.6) is 0 Å². The molecule has 0 saturated carbocycles. The lowest BCUT2D eigenvalue weighted by Gasteiger charge is -2.15. The van der Waals surface area contributed by atoms with Gasteiger partial charge < -0.3 is 25.8 Å². The predicted octanol–water partition coefficient (Wildman–Crippen LogP) is 2.37. The lowest BCUT2D eigenvalue weighted by atomic mass is 10.2. The number of nitrogens with one attached hydrogen (secondary N) is 3. The molecule has 1 saturated heterocycles. The van der Waals surface area contributed by atoms with E-state index in [1.165, 1.54) is 30.3 Å². The number of hydrogen-bond acceptors (Lipinski definition) is 7. The quantitative estimate of drug-likeness (QED) is 0.412. The zero-order valence-corrected chi connectivity index (χ0v) is 18.2. The molecule has 1 heterocycles. The number of halogens is 3. The van der Waals surface area contributed by atoms with Gasteiger partial charge in [-0.15, -0.1) is 0 Å². The lowest BCUT2D eigenvalue weighted by Crippen LogP contribution is -2.36. The molecule has 180 valence electrons. The minimum Gasteiger partial charge on any atom is -0.442 e. The van der Waals surface area contributed by atoms with E-state index in [-0.39, 0.29) is 35.8 Å². The van der Waals surface area contributed by atoms with E-state index in [0.717, 1.165) is 17.0 Å². The first-order chi connectivity index (χ1) is 16.2. The van der Waals surface area contributed by atoms with E-state index in [2.05, 4.69) is 28.2 Å². The lowest BCUT2D eigenvalue weighted by molar-refractivity contribution is -0.118. The van der Waals surface area contributed by atoms with Crippen molar-refractivity contribution in [1.29, 1.82) is 0 Å². The van der Waals surface area contributed by atoms with Crippen LogP contribution in [0.1, 0.15) is 0 Å². The van der Waals surface area contributed by atoms with Crippen molar-refractivity contribution in [3.63, 3.8) is 0 Å². The van der Waals surface area contributed by atoms with Gasteiger partial charge in [0.1, 0.15) is 23.5 Å². The second-order valence-electron chi connectivity index (χ2n) is 7.06. The molecule has 1 aliphatic heterocycles. The maximum atomic E-state index is 14.7. The van der Waals surface area contributed by atoms with Crippen molar-refractivity contribution in [3.8, 4) is 0 Å². The van der Waals surface area contributed by atoms with Crippen molar-refractivity contribution < 1.29 is 32.6 Å². The summed E-state index contributed by atoms with van der Waals surface area (Å²) in [5, 5.41) is 16.2. The van der Waals surface area contributed by atoms with Crippen molar-refractivity contribution in [1.82, 2.24) is 5.32 Å². The highest BCUT2D eigenvalue weighted by atomic mass is 32.1. The largest absolute Gasteiger partial charge is 0.442 e. The molecular weight excluding hydrogens is 477 g/mol.